The van der Waals surface area contributed by atoms with Crippen molar-refractivity contribution in [2.24, 2.45) is 5.92 Å². The van der Waals surface area contributed by atoms with Crippen LogP contribution in [0.15, 0.2) is 18.2 Å². The molecule has 104 valence electrons. The van der Waals surface area contributed by atoms with E-state index in [0.29, 0.717) is 11.3 Å². The van der Waals surface area contributed by atoms with Gasteiger partial charge in [0, 0.05) is 24.3 Å². The van der Waals surface area contributed by atoms with Crippen molar-refractivity contribution < 1.29 is 9.90 Å². The number of nitrogen functional groups attached to an aromatic ring is 1. The third-order valence-corrected chi connectivity index (χ3v) is 3.99. The molecule has 1 aromatic rings. The predicted octanol–water partition coefficient (Wildman–Crippen LogP) is 1.86. The molecule has 0 bridgehead atoms. The van der Waals surface area contributed by atoms with Crippen LogP contribution >= 0.6 is 0 Å². The number of carbonyl (C=O) groups excluding carboxylic acids is 1. The van der Waals surface area contributed by atoms with E-state index < -0.39 is 0 Å². The lowest BCUT2D eigenvalue weighted by molar-refractivity contribution is 0.0873. The Morgan fingerprint density at radius 2 is 2.16 bits per heavy atom. The lowest BCUT2D eigenvalue weighted by atomic mass is 9.85. The van der Waals surface area contributed by atoms with E-state index in [1.165, 1.54) is 0 Å². The largest absolute Gasteiger partial charge is 0.398 e. The molecule has 1 saturated carbocycles. The van der Waals surface area contributed by atoms with E-state index in [9.17, 15) is 9.90 Å². The molecule has 1 amide bonds. The molecule has 4 N–H and O–H groups in total. The average molecular weight is 262 g/mol. The number of carbonyl (C=O) groups is 1. The fourth-order valence-electron chi connectivity index (χ4n) is 2.86. The van der Waals surface area contributed by atoms with E-state index >= 15 is 0 Å². The zero-order chi connectivity index (χ0) is 13.8. The highest BCUT2D eigenvalue weighted by molar-refractivity contribution is 6.00. The number of hydrogen-bond acceptors (Lipinski definition) is 3. The second kappa shape index (κ2) is 6.06. The summed E-state index contributed by atoms with van der Waals surface area (Å²) in [5.74, 6) is 0.0453. The first-order chi connectivity index (χ1) is 9.13. The van der Waals surface area contributed by atoms with Crippen molar-refractivity contribution in [2.75, 3.05) is 12.3 Å². The fraction of sp³-hybridized carbons (Fsp3) is 0.533. The third-order valence-electron chi connectivity index (χ3n) is 3.99. The zero-order valence-electron chi connectivity index (χ0n) is 11.4. The Labute approximate surface area is 114 Å². The Hall–Kier alpha value is -1.55. The highest BCUT2D eigenvalue weighted by atomic mass is 16.3. The van der Waals surface area contributed by atoms with Gasteiger partial charge in [0.05, 0.1) is 5.56 Å². The number of anilines is 1. The summed E-state index contributed by atoms with van der Waals surface area (Å²) in [7, 11) is 0. The van der Waals surface area contributed by atoms with E-state index in [1.54, 1.807) is 6.07 Å². The number of rotatable bonds is 3. The van der Waals surface area contributed by atoms with Gasteiger partial charge < -0.3 is 16.2 Å². The number of aliphatic hydroxyl groups is 1. The van der Waals surface area contributed by atoms with E-state index in [0.717, 1.165) is 31.2 Å². The van der Waals surface area contributed by atoms with Crippen molar-refractivity contribution >= 4 is 11.6 Å². The Balaban J connectivity index is 2.12. The van der Waals surface area contributed by atoms with Crippen LogP contribution in [0.3, 0.4) is 0 Å². The van der Waals surface area contributed by atoms with Crippen LogP contribution < -0.4 is 11.1 Å². The maximum absolute atomic E-state index is 12.3. The van der Waals surface area contributed by atoms with Crippen molar-refractivity contribution in [3.8, 4) is 0 Å². The molecule has 0 radical (unpaired) electrons. The average Bonchev–Trinajstić information content (AvgIpc) is 2.39. The second-order valence-corrected chi connectivity index (χ2v) is 5.35. The van der Waals surface area contributed by atoms with Gasteiger partial charge in [0.2, 0.25) is 0 Å². The first-order valence-electron chi connectivity index (χ1n) is 6.90. The van der Waals surface area contributed by atoms with Gasteiger partial charge >= 0.3 is 0 Å². The number of nitrogens with one attached hydrogen (secondary N) is 1. The maximum Gasteiger partial charge on any atom is 0.253 e. The van der Waals surface area contributed by atoms with Crippen LogP contribution in [0.5, 0.6) is 0 Å². The molecule has 1 aromatic carbocycles. The lowest BCUT2D eigenvalue weighted by Crippen LogP contribution is -2.43. The first-order valence-corrected chi connectivity index (χ1v) is 6.90. The molecule has 0 saturated heterocycles. The van der Waals surface area contributed by atoms with Gasteiger partial charge in [-0.1, -0.05) is 25.0 Å². The number of aryl methyl sites for hydroxylation is 1. The number of aliphatic hydroxyl groups excluding tert-OH is 1. The van der Waals surface area contributed by atoms with Gasteiger partial charge in [0.15, 0.2) is 0 Å². The molecule has 4 heteroatoms. The topological polar surface area (TPSA) is 75.4 Å². The second-order valence-electron chi connectivity index (χ2n) is 5.35. The van der Waals surface area contributed by atoms with Gasteiger partial charge in [0.25, 0.3) is 5.91 Å². The number of hydrogen-bond donors (Lipinski definition) is 3. The van der Waals surface area contributed by atoms with E-state index in [2.05, 4.69) is 5.32 Å². The highest BCUT2D eigenvalue weighted by Gasteiger charge is 2.26. The molecule has 2 rings (SSSR count). The summed E-state index contributed by atoms with van der Waals surface area (Å²) in [5, 5.41) is 12.4. The van der Waals surface area contributed by atoms with Gasteiger partial charge in [-0.3, -0.25) is 4.79 Å². The molecule has 19 heavy (non-hydrogen) atoms. The third kappa shape index (κ3) is 3.07. The summed E-state index contributed by atoms with van der Waals surface area (Å²) in [4.78, 5) is 12.3. The standard InChI is InChI=1S/C15H22N2O2/c1-10-5-4-7-12(16)14(10)15(19)17-13-8-3-2-6-11(13)9-18/h4-5,7,11,13,18H,2-3,6,8-9,16H2,1H3,(H,17,19). The minimum atomic E-state index is -0.124. The number of benzene rings is 1. The van der Waals surface area contributed by atoms with Crippen LogP contribution in [-0.4, -0.2) is 23.7 Å². The summed E-state index contributed by atoms with van der Waals surface area (Å²) in [6.45, 7) is 2.02. The molecule has 1 fully saturated rings. The Morgan fingerprint density at radius 3 is 2.84 bits per heavy atom. The number of nitrogens with two attached hydrogens (primary N) is 1. The fourth-order valence-corrected chi connectivity index (χ4v) is 2.86. The Morgan fingerprint density at radius 1 is 1.42 bits per heavy atom. The van der Waals surface area contributed by atoms with Crippen LogP contribution in [-0.2, 0) is 0 Å². The minimum Gasteiger partial charge on any atom is -0.398 e. The summed E-state index contributed by atoms with van der Waals surface area (Å²) in [6, 6.07) is 5.53. The predicted molar refractivity (Wildman–Crippen MR) is 75.9 cm³/mol. The monoisotopic (exact) mass is 262 g/mol. The molecule has 0 aliphatic heterocycles. The minimum absolute atomic E-state index is 0.0604. The molecule has 1 aliphatic rings. The van der Waals surface area contributed by atoms with Crippen LogP contribution in [0.4, 0.5) is 5.69 Å². The Bertz CT molecular complexity index is 439. The lowest BCUT2D eigenvalue weighted by Gasteiger charge is -2.31. The molecule has 1 aliphatic carbocycles. The van der Waals surface area contributed by atoms with Crippen molar-refractivity contribution in [3.05, 3.63) is 29.3 Å². The van der Waals surface area contributed by atoms with Gasteiger partial charge in [-0.05, 0) is 31.4 Å². The van der Waals surface area contributed by atoms with Crippen molar-refractivity contribution in [3.63, 3.8) is 0 Å². The summed E-state index contributed by atoms with van der Waals surface area (Å²) >= 11 is 0. The molecular weight excluding hydrogens is 240 g/mol. The van der Waals surface area contributed by atoms with E-state index in [4.69, 9.17) is 5.73 Å². The van der Waals surface area contributed by atoms with E-state index in [-0.39, 0.29) is 24.5 Å². The molecule has 2 atom stereocenters. The molecule has 4 nitrogen and oxygen atoms in total. The summed E-state index contributed by atoms with van der Waals surface area (Å²) in [5.41, 5.74) is 7.84. The zero-order valence-corrected chi connectivity index (χ0v) is 11.4. The highest BCUT2D eigenvalue weighted by Crippen LogP contribution is 2.25. The van der Waals surface area contributed by atoms with E-state index in [1.807, 2.05) is 19.1 Å². The molecular formula is C15H22N2O2. The van der Waals surface area contributed by atoms with Crippen molar-refractivity contribution in [2.45, 2.75) is 38.6 Å². The van der Waals surface area contributed by atoms with Gasteiger partial charge in [-0.15, -0.1) is 0 Å². The van der Waals surface area contributed by atoms with Crippen molar-refractivity contribution in [1.29, 1.82) is 0 Å². The van der Waals surface area contributed by atoms with Gasteiger partial charge in [-0.25, -0.2) is 0 Å². The molecule has 0 aromatic heterocycles. The summed E-state index contributed by atoms with van der Waals surface area (Å²) in [6.07, 6.45) is 4.14. The Kier molecular flexibility index (Phi) is 4.43. The summed E-state index contributed by atoms with van der Waals surface area (Å²) < 4.78 is 0. The van der Waals surface area contributed by atoms with Crippen LogP contribution in [0, 0.1) is 12.8 Å². The smallest absolute Gasteiger partial charge is 0.253 e. The van der Waals surface area contributed by atoms with Gasteiger partial charge in [-0.2, -0.15) is 0 Å². The van der Waals surface area contributed by atoms with Gasteiger partial charge in [0.1, 0.15) is 0 Å². The van der Waals surface area contributed by atoms with Crippen LogP contribution in [0.2, 0.25) is 0 Å². The normalized spacial score (nSPS) is 23.1. The molecule has 2 unspecified atom stereocenters. The SMILES string of the molecule is Cc1cccc(N)c1C(=O)NC1CCCCC1CO. The first kappa shape index (κ1) is 13.9. The molecule has 0 spiro atoms. The number of amides is 1. The van der Waals surface area contributed by atoms with Crippen LogP contribution in [0.1, 0.15) is 41.6 Å². The maximum atomic E-state index is 12.3. The van der Waals surface area contributed by atoms with Crippen LogP contribution in [0.25, 0.3) is 0 Å². The quantitative estimate of drug-likeness (QED) is 0.728. The molecule has 0 heterocycles. The van der Waals surface area contributed by atoms with Crippen molar-refractivity contribution in [1.82, 2.24) is 5.32 Å².